The molecule has 1 aliphatic heterocycles. The molecule has 1 aromatic rings. The highest BCUT2D eigenvalue weighted by atomic mass is 79.9. The fraction of sp³-hybridized carbons (Fsp3) is 0.667. The van der Waals surface area contributed by atoms with Gasteiger partial charge >= 0.3 is 0 Å². The van der Waals surface area contributed by atoms with E-state index in [4.69, 9.17) is 0 Å². The van der Waals surface area contributed by atoms with Gasteiger partial charge in [0.1, 0.15) is 0 Å². The Kier molecular flexibility index (Phi) is 6.05. The summed E-state index contributed by atoms with van der Waals surface area (Å²) in [5, 5.41) is 0. The number of carbonyl (C=O) groups excluding carboxylic acids is 1. The number of likely N-dealkylation sites (N-methyl/N-ethyl adjacent to an activating group) is 1. The Morgan fingerprint density at radius 3 is 2.55 bits per heavy atom. The van der Waals surface area contributed by atoms with Gasteiger partial charge in [0.05, 0.1) is 9.83 Å². The first-order chi connectivity index (χ1) is 9.58. The number of thiophene rings is 1. The van der Waals surface area contributed by atoms with E-state index in [0.717, 1.165) is 36.3 Å². The van der Waals surface area contributed by atoms with Gasteiger partial charge in [0.25, 0.3) is 0 Å². The van der Waals surface area contributed by atoms with Crippen LogP contribution in [0.3, 0.4) is 0 Å². The van der Waals surface area contributed by atoms with Gasteiger partial charge in [-0.2, -0.15) is 0 Å². The molecule has 0 N–H and O–H groups in total. The lowest BCUT2D eigenvalue weighted by atomic mass is 10.2. The maximum Gasteiger partial charge on any atom is 0.239 e. The molecule has 3 nitrogen and oxygen atoms in total. The molecule has 5 heteroatoms. The Balaban J connectivity index is 1.91. The molecule has 0 spiro atoms. The van der Waals surface area contributed by atoms with Gasteiger partial charge in [-0.25, -0.2) is 0 Å². The SMILES string of the molecule is CC(C(=O)N1CCCCCC1)N(C)Cc1ccc(Br)s1. The molecule has 1 aliphatic rings. The summed E-state index contributed by atoms with van der Waals surface area (Å²) in [5.41, 5.74) is 0. The molecule has 2 rings (SSSR count). The maximum atomic E-state index is 12.6. The Bertz CT molecular complexity index is 441. The first kappa shape index (κ1) is 16.0. The number of nitrogens with zero attached hydrogens (tertiary/aromatic N) is 2. The number of carbonyl (C=O) groups is 1. The van der Waals surface area contributed by atoms with E-state index in [2.05, 4.69) is 37.9 Å². The fourth-order valence-corrected chi connectivity index (χ4v) is 4.11. The summed E-state index contributed by atoms with van der Waals surface area (Å²) < 4.78 is 1.15. The van der Waals surface area contributed by atoms with E-state index in [-0.39, 0.29) is 11.9 Å². The number of likely N-dealkylation sites (tertiary alicyclic amines) is 1. The molecular formula is C15H23BrN2OS. The molecule has 1 amide bonds. The van der Waals surface area contributed by atoms with E-state index in [0.29, 0.717) is 0 Å². The minimum Gasteiger partial charge on any atom is -0.341 e. The van der Waals surface area contributed by atoms with Gasteiger partial charge in [-0.1, -0.05) is 12.8 Å². The van der Waals surface area contributed by atoms with Crippen LogP contribution in [0.1, 0.15) is 37.5 Å². The van der Waals surface area contributed by atoms with E-state index < -0.39 is 0 Å². The smallest absolute Gasteiger partial charge is 0.239 e. The fourth-order valence-electron chi connectivity index (χ4n) is 2.56. The van der Waals surface area contributed by atoms with Crippen molar-refractivity contribution in [3.05, 3.63) is 20.8 Å². The van der Waals surface area contributed by atoms with Crippen LogP contribution in [0.5, 0.6) is 0 Å². The topological polar surface area (TPSA) is 23.6 Å². The summed E-state index contributed by atoms with van der Waals surface area (Å²) in [5.74, 6) is 0.282. The van der Waals surface area contributed by atoms with Crippen molar-refractivity contribution in [1.82, 2.24) is 9.80 Å². The summed E-state index contributed by atoms with van der Waals surface area (Å²) in [4.78, 5) is 18.1. The molecule has 1 fully saturated rings. The van der Waals surface area contributed by atoms with Crippen molar-refractivity contribution in [2.24, 2.45) is 0 Å². The standard InChI is InChI=1S/C15H23BrN2OS/c1-12(15(19)18-9-5-3-4-6-10-18)17(2)11-13-7-8-14(16)20-13/h7-8,12H,3-6,9-11H2,1-2H3. The van der Waals surface area contributed by atoms with E-state index in [1.165, 1.54) is 17.7 Å². The molecule has 0 aromatic carbocycles. The summed E-state index contributed by atoms with van der Waals surface area (Å²) in [6, 6.07) is 4.14. The maximum absolute atomic E-state index is 12.6. The zero-order chi connectivity index (χ0) is 14.5. The largest absolute Gasteiger partial charge is 0.341 e. The first-order valence-electron chi connectivity index (χ1n) is 7.31. The number of amides is 1. The lowest BCUT2D eigenvalue weighted by Crippen LogP contribution is -2.45. The highest BCUT2D eigenvalue weighted by molar-refractivity contribution is 9.11. The van der Waals surface area contributed by atoms with Crippen LogP contribution in [0.15, 0.2) is 15.9 Å². The molecular weight excluding hydrogens is 336 g/mol. The van der Waals surface area contributed by atoms with Crippen molar-refractivity contribution in [1.29, 1.82) is 0 Å². The molecule has 2 heterocycles. The molecule has 0 aliphatic carbocycles. The van der Waals surface area contributed by atoms with Crippen LogP contribution in [-0.4, -0.2) is 41.9 Å². The molecule has 0 radical (unpaired) electrons. The molecule has 20 heavy (non-hydrogen) atoms. The van der Waals surface area contributed by atoms with Gasteiger partial charge in [0.15, 0.2) is 0 Å². The Labute approximate surface area is 134 Å². The normalized spacial score (nSPS) is 18.1. The minimum atomic E-state index is -0.0472. The third kappa shape index (κ3) is 4.30. The van der Waals surface area contributed by atoms with Gasteiger partial charge in [-0.05, 0) is 54.9 Å². The third-order valence-electron chi connectivity index (χ3n) is 3.97. The van der Waals surface area contributed by atoms with Crippen LogP contribution in [0.25, 0.3) is 0 Å². The highest BCUT2D eigenvalue weighted by Crippen LogP contribution is 2.23. The van der Waals surface area contributed by atoms with Gasteiger partial charge < -0.3 is 4.90 Å². The van der Waals surface area contributed by atoms with Crippen molar-refractivity contribution in [2.45, 2.75) is 45.2 Å². The van der Waals surface area contributed by atoms with Crippen molar-refractivity contribution < 1.29 is 4.79 Å². The Morgan fingerprint density at radius 2 is 2.00 bits per heavy atom. The van der Waals surface area contributed by atoms with Crippen LogP contribution < -0.4 is 0 Å². The molecule has 0 bridgehead atoms. The predicted molar refractivity (Wildman–Crippen MR) is 88.0 cm³/mol. The molecule has 1 atom stereocenters. The molecule has 1 aromatic heterocycles. The van der Waals surface area contributed by atoms with E-state index >= 15 is 0 Å². The summed E-state index contributed by atoms with van der Waals surface area (Å²) in [6.45, 7) is 4.72. The van der Waals surface area contributed by atoms with Crippen LogP contribution >= 0.6 is 27.3 Å². The van der Waals surface area contributed by atoms with E-state index in [9.17, 15) is 4.79 Å². The lowest BCUT2D eigenvalue weighted by Gasteiger charge is -2.29. The van der Waals surface area contributed by atoms with Crippen LogP contribution in [-0.2, 0) is 11.3 Å². The molecule has 0 saturated carbocycles. The van der Waals surface area contributed by atoms with Crippen molar-refractivity contribution in [2.75, 3.05) is 20.1 Å². The lowest BCUT2D eigenvalue weighted by molar-refractivity contribution is -0.136. The Morgan fingerprint density at radius 1 is 1.35 bits per heavy atom. The average Bonchev–Trinajstić information content (AvgIpc) is 2.69. The van der Waals surface area contributed by atoms with Gasteiger partial charge in [-0.15, -0.1) is 11.3 Å². The predicted octanol–water partition coefficient (Wildman–Crippen LogP) is 3.73. The van der Waals surface area contributed by atoms with Crippen molar-refractivity contribution >= 4 is 33.2 Å². The molecule has 112 valence electrons. The van der Waals surface area contributed by atoms with Crippen LogP contribution in [0.4, 0.5) is 0 Å². The Hall–Kier alpha value is -0.390. The van der Waals surface area contributed by atoms with Gasteiger partial charge in [0, 0.05) is 24.5 Å². The number of rotatable bonds is 4. The minimum absolute atomic E-state index is 0.0472. The number of hydrogen-bond donors (Lipinski definition) is 0. The average molecular weight is 359 g/mol. The van der Waals surface area contributed by atoms with Crippen LogP contribution in [0, 0.1) is 0 Å². The molecule has 1 unspecified atom stereocenters. The van der Waals surface area contributed by atoms with Gasteiger partial charge in [0.2, 0.25) is 5.91 Å². The zero-order valence-electron chi connectivity index (χ0n) is 12.3. The van der Waals surface area contributed by atoms with Crippen LogP contribution in [0.2, 0.25) is 0 Å². The summed E-state index contributed by atoms with van der Waals surface area (Å²) in [7, 11) is 2.04. The second-order valence-corrected chi connectivity index (χ2v) is 8.08. The van der Waals surface area contributed by atoms with E-state index in [1.807, 2.05) is 14.0 Å². The van der Waals surface area contributed by atoms with Gasteiger partial charge in [-0.3, -0.25) is 9.69 Å². The first-order valence-corrected chi connectivity index (χ1v) is 8.92. The number of hydrogen-bond acceptors (Lipinski definition) is 3. The highest BCUT2D eigenvalue weighted by Gasteiger charge is 2.24. The quantitative estimate of drug-likeness (QED) is 0.818. The monoisotopic (exact) mass is 358 g/mol. The van der Waals surface area contributed by atoms with Crippen molar-refractivity contribution in [3.8, 4) is 0 Å². The summed E-state index contributed by atoms with van der Waals surface area (Å²) in [6.07, 6.45) is 4.83. The van der Waals surface area contributed by atoms with Crippen molar-refractivity contribution in [3.63, 3.8) is 0 Å². The van der Waals surface area contributed by atoms with E-state index in [1.54, 1.807) is 11.3 Å². The third-order valence-corrected chi connectivity index (χ3v) is 5.58. The second kappa shape index (κ2) is 7.57. The summed E-state index contributed by atoms with van der Waals surface area (Å²) >= 11 is 5.22. The number of halogens is 1. The second-order valence-electron chi connectivity index (χ2n) is 5.54. The molecule has 1 saturated heterocycles. The zero-order valence-corrected chi connectivity index (χ0v) is 14.7.